The molecule has 2 aliphatic heterocycles. The van der Waals surface area contributed by atoms with Gasteiger partial charge in [-0.1, -0.05) is 84.9 Å². The summed E-state index contributed by atoms with van der Waals surface area (Å²) in [5, 5.41) is 5.89. The van der Waals surface area contributed by atoms with E-state index in [1.807, 2.05) is 24.3 Å². The lowest BCUT2D eigenvalue weighted by atomic mass is 10.1. The van der Waals surface area contributed by atoms with E-state index in [0.29, 0.717) is 74.4 Å². The molecule has 5 aromatic carbocycles. The largest absolute Gasteiger partial charge is 0.447 e. The molecule has 2 unspecified atom stereocenters. The Kier molecular flexibility index (Phi) is 14.4. The molecule has 7 rings (SSSR count). The summed E-state index contributed by atoms with van der Waals surface area (Å²) in [5.41, 5.74) is 4.75. The number of rotatable bonds is 15. The van der Waals surface area contributed by atoms with Gasteiger partial charge < -0.3 is 34.8 Å². The van der Waals surface area contributed by atoms with E-state index in [0.717, 1.165) is 16.8 Å². The molecule has 2 aliphatic rings. The first-order valence-electron chi connectivity index (χ1n) is 21.3. The van der Waals surface area contributed by atoms with Crippen LogP contribution in [-0.2, 0) is 51.3 Å². The molecule has 0 spiro atoms. The van der Waals surface area contributed by atoms with Gasteiger partial charge in [-0.15, -0.1) is 0 Å². The molecular formula is C50H50FN5O8. The zero-order valence-corrected chi connectivity index (χ0v) is 35.7. The molecule has 0 saturated carbocycles. The Morgan fingerprint density at radius 3 is 1.34 bits per heavy atom. The van der Waals surface area contributed by atoms with Crippen LogP contribution in [0.25, 0.3) is 0 Å². The Morgan fingerprint density at radius 2 is 0.969 bits per heavy atom. The average molecular weight is 868 g/mol. The number of esters is 2. The van der Waals surface area contributed by atoms with Gasteiger partial charge in [0.2, 0.25) is 24.0 Å². The second-order valence-electron chi connectivity index (χ2n) is 15.9. The van der Waals surface area contributed by atoms with Crippen LogP contribution >= 0.6 is 0 Å². The van der Waals surface area contributed by atoms with Crippen LogP contribution in [-0.4, -0.2) is 70.5 Å². The minimum Gasteiger partial charge on any atom is -0.447 e. The lowest BCUT2D eigenvalue weighted by Gasteiger charge is -2.28. The van der Waals surface area contributed by atoms with Gasteiger partial charge in [-0.3, -0.25) is 28.8 Å². The highest BCUT2D eigenvalue weighted by atomic mass is 19.1. The van der Waals surface area contributed by atoms with E-state index in [1.165, 1.54) is 35.8 Å². The fraction of sp³-hybridized carbons (Fsp3) is 0.280. The maximum absolute atomic E-state index is 14.0. The van der Waals surface area contributed by atoms with Crippen LogP contribution in [0.4, 0.5) is 21.5 Å². The topological polar surface area (TPSA) is 155 Å². The third-order valence-electron chi connectivity index (χ3n) is 11.3. The minimum atomic E-state index is -1.16. The van der Waals surface area contributed by atoms with Crippen molar-refractivity contribution < 1.29 is 42.6 Å². The lowest BCUT2D eigenvalue weighted by Crippen LogP contribution is -2.45. The number of carbonyl (C=O) groups is 6. The highest BCUT2D eigenvalue weighted by Gasteiger charge is 2.40. The first-order chi connectivity index (χ1) is 30.9. The highest BCUT2D eigenvalue weighted by Crippen LogP contribution is 2.30. The molecule has 2 N–H and O–H groups in total. The molecule has 0 aliphatic carbocycles. The third kappa shape index (κ3) is 11.2. The Bertz CT molecular complexity index is 2290. The molecule has 14 heteroatoms. The fourth-order valence-corrected chi connectivity index (χ4v) is 8.19. The summed E-state index contributed by atoms with van der Waals surface area (Å²) in [4.78, 5) is 83.4. The third-order valence-corrected chi connectivity index (χ3v) is 11.3. The molecule has 4 atom stereocenters. The molecule has 13 nitrogen and oxygen atoms in total. The van der Waals surface area contributed by atoms with Gasteiger partial charge in [0.15, 0.2) is 0 Å². The van der Waals surface area contributed by atoms with Crippen molar-refractivity contribution in [1.29, 1.82) is 0 Å². The van der Waals surface area contributed by atoms with Gasteiger partial charge in [-0.2, -0.15) is 0 Å². The number of hydrogen-bond donors (Lipinski definition) is 2. The van der Waals surface area contributed by atoms with Crippen LogP contribution in [0.2, 0.25) is 0 Å². The van der Waals surface area contributed by atoms with Crippen LogP contribution in [0.15, 0.2) is 133 Å². The minimum absolute atomic E-state index is 0.342. The standard InChI is InChI=1S/C50H50FN5O8/c1-33(57)63-45(37-11-5-3-6-12-37)49(61)55-29-9-15-43(55)47(59)52-40-23-17-35(18-24-40)31-54(42-27-21-39(51)22-28-42)32-36-19-25-41(26-20-36)53-48(60)44-16-10-30-56(44)50(62)46(64-34(2)58)38-13-7-4-8-14-38/h3-8,11-14,17-28,43-46H,9-10,15-16,29-32H2,1-2H3,(H,52,59)(H,53,60)/t43-,44?,45+,46?/m0/s1. The summed E-state index contributed by atoms with van der Waals surface area (Å²) in [5.74, 6) is -3.14. The van der Waals surface area contributed by atoms with Gasteiger partial charge in [0.05, 0.1) is 0 Å². The molecule has 2 fully saturated rings. The van der Waals surface area contributed by atoms with E-state index in [2.05, 4.69) is 15.5 Å². The van der Waals surface area contributed by atoms with Crippen LogP contribution in [0.1, 0.15) is 74.0 Å². The van der Waals surface area contributed by atoms with Gasteiger partial charge >= 0.3 is 11.9 Å². The van der Waals surface area contributed by atoms with Crippen molar-refractivity contribution in [1.82, 2.24) is 9.80 Å². The van der Waals surface area contributed by atoms with Gasteiger partial charge in [-0.25, -0.2) is 4.39 Å². The first kappa shape index (κ1) is 44.7. The Morgan fingerprint density at radius 1 is 0.578 bits per heavy atom. The summed E-state index contributed by atoms with van der Waals surface area (Å²) in [6.07, 6.45) is -0.137. The monoisotopic (exact) mass is 867 g/mol. The number of carbonyl (C=O) groups excluding carboxylic acids is 6. The summed E-state index contributed by atoms with van der Waals surface area (Å²) in [6.45, 7) is 4.07. The summed E-state index contributed by atoms with van der Waals surface area (Å²) in [6, 6.07) is 36.9. The number of likely N-dealkylation sites (tertiary alicyclic amines) is 2. The number of nitrogens with zero attached hydrogens (tertiary/aromatic N) is 3. The van der Waals surface area contributed by atoms with E-state index in [1.54, 1.807) is 97.1 Å². The average Bonchev–Trinajstić information content (AvgIpc) is 4.01. The molecule has 0 radical (unpaired) electrons. The fourth-order valence-electron chi connectivity index (χ4n) is 8.19. The number of halogens is 1. The summed E-state index contributed by atoms with van der Waals surface area (Å²) in [7, 11) is 0. The van der Waals surface area contributed by atoms with Crippen molar-refractivity contribution in [3.05, 3.63) is 162 Å². The van der Waals surface area contributed by atoms with E-state index in [-0.39, 0.29) is 17.6 Å². The normalized spacial score (nSPS) is 16.6. The maximum Gasteiger partial charge on any atom is 0.303 e. The second-order valence-corrected chi connectivity index (χ2v) is 15.9. The molecule has 4 amide bonds. The van der Waals surface area contributed by atoms with E-state index in [4.69, 9.17) is 9.47 Å². The molecule has 2 saturated heterocycles. The van der Waals surface area contributed by atoms with Crippen molar-refractivity contribution in [2.75, 3.05) is 28.6 Å². The van der Waals surface area contributed by atoms with Gasteiger partial charge in [0.25, 0.3) is 11.8 Å². The molecule has 2 heterocycles. The number of ether oxygens (including phenoxy) is 2. The van der Waals surface area contributed by atoms with Crippen molar-refractivity contribution in [3.8, 4) is 0 Å². The Hall–Kier alpha value is -7.35. The SMILES string of the molecule is CC(=O)OC(C(=O)N1CCCC1C(=O)Nc1ccc(CN(Cc2ccc(NC(=O)[C@@H]3CCCN3C(=O)[C@H](OC(C)=O)c3ccccc3)cc2)c2ccc(F)cc2)cc1)c1ccccc1. The molecule has 5 aromatic rings. The predicted molar refractivity (Wildman–Crippen MR) is 238 cm³/mol. The first-order valence-corrected chi connectivity index (χ1v) is 21.3. The summed E-state index contributed by atoms with van der Waals surface area (Å²) >= 11 is 0. The number of nitrogens with one attached hydrogen (secondary N) is 2. The molecule has 0 aromatic heterocycles. The molecular weight excluding hydrogens is 818 g/mol. The van der Waals surface area contributed by atoms with E-state index < -0.39 is 48.0 Å². The van der Waals surface area contributed by atoms with Crippen molar-refractivity contribution in [3.63, 3.8) is 0 Å². The Balaban J connectivity index is 0.983. The smallest absolute Gasteiger partial charge is 0.303 e. The van der Waals surface area contributed by atoms with Crippen LogP contribution in [0.3, 0.4) is 0 Å². The van der Waals surface area contributed by atoms with Crippen molar-refractivity contribution in [2.45, 2.75) is 76.9 Å². The van der Waals surface area contributed by atoms with Crippen molar-refractivity contribution >= 4 is 52.6 Å². The van der Waals surface area contributed by atoms with E-state index in [9.17, 15) is 33.2 Å². The summed E-state index contributed by atoms with van der Waals surface area (Å²) < 4.78 is 24.9. The van der Waals surface area contributed by atoms with Gasteiger partial charge in [-0.05, 0) is 85.3 Å². The second kappa shape index (κ2) is 20.7. The van der Waals surface area contributed by atoms with Crippen LogP contribution < -0.4 is 15.5 Å². The number of amides is 4. The van der Waals surface area contributed by atoms with E-state index >= 15 is 0 Å². The number of anilines is 3. The lowest BCUT2D eigenvalue weighted by molar-refractivity contribution is -0.160. The van der Waals surface area contributed by atoms with Crippen LogP contribution in [0, 0.1) is 5.82 Å². The maximum atomic E-state index is 14.0. The Labute approximate surface area is 371 Å². The number of hydrogen-bond acceptors (Lipinski definition) is 9. The quantitative estimate of drug-likeness (QED) is 0.102. The zero-order chi connectivity index (χ0) is 45.2. The highest BCUT2D eigenvalue weighted by molar-refractivity contribution is 5.99. The van der Waals surface area contributed by atoms with Gasteiger partial charge in [0, 0.05) is 68.2 Å². The molecule has 330 valence electrons. The van der Waals surface area contributed by atoms with Gasteiger partial charge in [0.1, 0.15) is 17.9 Å². The van der Waals surface area contributed by atoms with Crippen LogP contribution in [0.5, 0.6) is 0 Å². The predicted octanol–water partition coefficient (Wildman–Crippen LogP) is 7.50. The van der Waals surface area contributed by atoms with Crippen molar-refractivity contribution in [2.24, 2.45) is 0 Å². The molecule has 0 bridgehead atoms. The molecule has 64 heavy (non-hydrogen) atoms. The zero-order valence-electron chi connectivity index (χ0n) is 35.7. The number of benzene rings is 5.